The SMILES string of the molecule is CSc1ccc(C)c(C(=O)NC(C)C(C)C(=O)O)c1. The minimum absolute atomic E-state index is 0.228. The fraction of sp³-hybridized carbons (Fsp3) is 0.429. The molecule has 1 rings (SSSR count). The summed E-state index contributed by atoms with van der Waals surface area (Å²) in [5.41, 5.74) is 1.47. The lowest BCUT2D eigenvalue weighted by atomic mass is 10.0. The molecule has 0 saturated heterocycles. The number of hydrogen-bond acceptors (Lipinski definition) is 3. The van der Waals surface area contributed by atoms with Crippen molar-refractivity contribution < 1.29 is 14.7 Å². The van der Waals surface area contributed by atoms with Gasteiger partial charge in [-0.2, -0.15) is 0 Å². The van der Waals surface area contributed by atoms with E-state index in [4.69, 9.17) is 5.11 Å². The molecule has 2 unspecified atom stereocenters. The first kappa shape index (κ1) is 15.6. The Morgan fingerprint density at radius 3 is 2.47 bits per heavy atom. The number of rotatable bonds is 5. The van der Waals surface area contributed by atoms with Crippen LogP contribution < -0.4 is 5.32 Å². The van der Waals surface area contributed by atoms with E-state index in [1.54, 1.807) is 25.6 Å². The molecule has 1 aromatic rings. The van der Waals surface area contributed by atoms with Crippen molar-refractivity contribution in [1.82, 2.24) is 5.32 Å². The summed E-state index contributed by atoms with van der Waals surface area (Å²) in [6, 6.07) is 5.27. The lowest BCUT2D eigenvalue weighted by Crippen LogP contribution is -2.40. The third-order valence-corrected chi connectivity index (χ3v) is 3.91. The van der Waals surface area contributed by atoms with E-state index in [2.05, 4.69) is 5.32 Å². The fourth-order valence-corrected chi connectivity index (χ4v) is 2.04. The van der Waals surface area contributed by atoms with Crippen molar-refractivity contribution in [3.8, 4) is 0 Å². The van der Waals surface area contributed by atoms with Crippen LogP contribution >= 0.6 is 11.8 Å². The summed E-state index contributed by atoms with van der Waals surface area (Å²) in [6.07, 6.45) is 1.95. The van der Waals surface area contributed by atoms with E-state index in [0.29, 0.717) is 5.56 Å². The molecule has 0 aliphatic carbocycles. The molecule has 0 fully saturated rings. The highest BCUT2D eigenvalue weighted by Crippen LogP contribution is 2.19. The van der Waals surface area contributed by atoms with Gasteiger partial charge in [-0.15, -0.1) is 11.8 Å². The zero-order chi connectivity index (χ0) is 14.6. The Morgan fingerprint density at radius 1 is 1.32 bits per heavy atom. The van der Waals surface area contributed by atoms with Crippen LogP contribution in [0, 0.1) is 12.8 Å². The molecular weight excluding hydrogens is 262 g/mol. The van der Waals surface area contributed by atoms with Crippen molar-refractivity contribution in [1.29, 1.82) is 0 Å². The van der Waals surface area contributed by atoms with Crippen LogP contribution in [0.2, 0.25) is 0 Å². The van der Waals surface area contributed by atoms with Crippen molar-refractivity contribution in [3.05, 3.63) is 29.3 Å². The van der Waals surface area contributed by atoms with E-state index in [9.17, 15) is 9.59 Å². The molecule has 2 atom stereocenters. The van der Waals surface area contributed by atoms with Crippen LogP contribution in [0.15, 0.2) is 23.1 Å². The molecule has 0 aliphatic rings. The zero-order valence-corrected chi connectivity index (χ0v) is 12.4. The first-order valence-electron chi connectivity index (χ1n) is 6.05. The summed E-state index contributed by atoms with van der Waals surface area (Å²) in [7, 11) is 0. The van der Waals surface area contributed by atoms with E-state index in [0.717, 1.165) is 10.5 Å². The van der Waals surface area contributed by atoms with Crippen molar-refractivity contribution in [2.24, 2.45) is 5.92 Å². The Labute approximate surface area is 117 Å². The summed E-state index contributed by atoms with van der Waals surface area (Å²) in [5.74, 6) is -1.76. The molecule has 0 aromatic heterocycles. The average Bonchev–Trinajstić information content (AvgIpc) is 2.37. The summed E-state index contributed by atoms with van der Waals surface area (Å²) >= 11 is 1.57. The Morgan fingerprint density at radius 2 is 1.95 bits per heavy atom. The molecule has 0 spiro atoms. The minimum atomic E-state index is -0.914. The maximum atomic E-state index is 12.2. The van der Waals surface area contributed by atoms with Crippen LogP contribution in [0.25, 0.3) is 0 Å². The summed E-state index contributed by atoms with van der Waals surface area (Å²) in [4.78, 5) is 24.0. The first-order chi connectivity index (χ1) is 8.86. The molecule has 4 nitrogen and oxygen atoms in total. The second kappa shape index (κ2) is 6.61. The number of carboxylic acids is 1. The maximum absolute atomic E-state index is 12.2. The molecule has 19 heavy (non-hydrogen) atoms. The van der Waals surface area contributed by atoms with Gasteiger partial charge in [0.1, 0.15) is 0 Å². The van der Waals surface area contributed by atoms with Gasteiger partial charge in [0.15, 0.2) is 0 Å². The van der Waals surface area contributed by atoms with Crippen molar-refractivity contribution >= 4 is 23.6 Å². The molecule has 0 heterocycles. The molecule has 1 aromatic carbocycles. The number of carboxylic acid groups (broad SMARTS) is 1. The van der Waals surface area contributed by atoms with Gasteiger partial charge in [0.2, 0.25) is 0 Å². The molecular formula is C14H19NO3S. The van der Waals surface area contributed by atoms with E-state index >= 15 is 0 Å². The Balaban J connectivity index is 2.86. The second-order valence-electron chi connectivity index (χ2n) is 4.57. The predicted octanol–water partition coefficient (Wildman–Crippen LogP) is 2.56. The number of hydrogen-bond donors (Lipinski definition) is 2. The molecule has 5 heteroatoms. The Hall–Kier alpha value is -1.49. The van der Waals surface area contributed by atoms with Gasteiger partial charge < -0.3 is 10.4 Å². The third-order valence-electron chi connectivity index (χ3n) is 3.19. The number of amides is 1. The van der Waals surface area contributed by atoms with Crippen molar-refractivity contribution in [3.63, 3.8) is 0 Å². The van der Waals surface area contributed by atoms with Gasteiger partial charge in [-0.25, -0.2) is 0 Å². The lowest BCUT2D eigenvalue weighted by Gasteiger charge is -2.18. The monoisotopic (exact) mass is 281 g/mol. The number of carbonyl (C=O) groups is 2. The highest BCUT2D eigenvalue weighted by Gasteiger charge is 2.22. The number of aryl methyl sites for hydroxylation is 1. The van der Waals surface area contributed by atoms with Gasteiger partial charge in [-0.05, 0) is 44.7 Å². The zero-order valence-electron chi connectivity index (χ0n) is 11.6. The molecule has 0 bridgehead atoms. The van der Waals surface area contributed by atoms with Crippen LogP contribution in [0.1, 0.15) is 29.8 Å². The number of nitrogens with one attached hydrogen (secondary N) is 1. The molecule has 0 saturated carbocycles. The third kappa shape index (κ3) is 3.99. The van der Waals surface area contributed by atoms with Gasteiger partial charge in [-0.1, -0.05) is 6.07 Å². The fourth-order valence-electron chi connectivity index (χ4n) is 1.60. The number of thioether (sulfide) groups is 1. The molecule has 104 valence electrons. The summed E-state index contributed by atoms with van der Waals surface area (Å²) in [5, 5.41) is 11.7. The van der Waals surface area contributed by atoms with Gasteiger partial charge >= 0.3 is 5.97 Å². The van der Waals surface area contributed by atoms with Crippen LogP contribution in [0.3, 0.4) is 0 Å². The average molecular weight is 281 g/mol. The lowest BCUT2D eigenvalue weighted by molar-refractivity contribution is -0.141. The predicted molar refractivity (Wildman–Crippen MR) is 76.7 cm³/mol. The summed E-state index contributed by atoms with van der Waals surface area (Å²) in [6.45, 7) is 5.15. The molecule has 0 radical (unpaired) electrons. The van der Waals surface area contributed by atoms with E-state index in [1.165, 1.54) is 0 Å². The standard InChI is InChI=1S/C14H19NO3S/c1-8-5-6-11(19-4)7-12(8)13(16)15-10(3)9(2)14(17)18/h5-7,9-10H,1-4H3,(H,15,16)(H,17,18). The Kier molecular flexibility index (Phi) is 5.42. The second-order valence-corrected chi connectivity index (χ2v) is 5.45. The quantitative estimate of drug-likeness (QED) is 0.814. The Bertz CT molecular complexity index is 488. The first-order valence-corrected chi connectivity index (χ1v) is 7.27. The van der Waals surface area contributed by atoms with Crippen LogP contribution in [0.5, 0.6) is 0 Å². The van der Waals surface area contributed by atoms with Gasteiger partial charge in [0.25, 0.3) is 5.91 Å². The molecule has 2 N–H and O–H groups in total. The highest BCUT2D eigenvalue weighted by atomic mass is 32.2. The van der Waals surface area contributed by atoms with Crippen molar-refractivity contribution in [2.75, 3.05) is 6.26 Å². The number of carbonyl (C=O) groups excluding carboxylic acids is 1. The topological polar surface area (TPSA) is 66.4 Å². The van der Waals surface area contributed by atoms with Gasteiger partial charge in [-0.3, -0.25) is 9.59 Å². The maximum Gasteiger partial charge on any atom is 0.308 e. The van der Waals surface area contributed by atoms with Crippen LogP contribution in [0.4, 0.5) is 0 Å². The van der Waals surface area contributed by atoms with E-state index in [-0.39, 0.29) is 5.91 Å². The minimum Gasteiger partial charge on any atom is -0.481 e. The molecule has 0 aliphatic heterocycles. The largest absolute Gasteiger partial charge is 0.481 e. The van der Waals surface area contributed by atoms with Crippen LogP contribution in [-0.2, 0) is 4.79 Å². The van der Waals surface area contributed by atoms with E-state index in [1.807, 2.05) is 31.4 Å². The summed E-state index contributed by atoms with van der Waals surface area (Å²) < 4.78 is 0. The molecule has 1 amide bonds. The number of benzene rings is 1. The van der Waals surface area contributed by atoms with Gasteiger partial charge in [0.05, 0.1) is 5.92 Å². The number of aliphatic carboxylic acids is 1. The highest BCUT2D eigenvalue weighted by molar-refractivity contribution is 7.98. The van der Waals surface area contributed by atoms with Gasteiger partial charge in [0, 0.05) is 16.5 Å². The normalized spacial score (nSPS) is 13.7. The van der Waals surface area contributed by atoms with Crippen LogP contribution in [-0.4, -0.2) is 29.3 Å². The van der Waals surface area contributed by atoms with Crippen molar-refractivity contribution in [2.45, 2.75) is 31.7 Å². The smallest absolute Gasteiger partial charge is 0.308 e. The van der Waals surface area contributed by atoms with E-state index < -0.39 is 17.9 Å².